The van der Waals surface area contributed by atoms with Gasteiger partial charge in [0.1, 0.15) is 5.82 Å². The maximum Gasteiger partial charge on any atom is 0.205 e. The van der Waals surface area contributed by atoms with Gasteiger partial charge in [0, 0.05) is 42.6 Å². The van der Waals surface area contributed by atoms with Crippen LogP contribution in [-0.2, 0) is 5.41 Å². The van der Waals surface area contributed by atoms with Gasteiger partial charge < -0.3 is 10.2 Å². The fraction of sp³-hybridized carbons (Fsp3) is 0.846. The molecule has 0 aromatic carbocycles. The summed E-state index contributed by atoms with van der Waals surface area (Å²) in [6, 6.07) is 0.531. The van der Waals surface area contributed by atoms with Crippen molar-refractivity contribution in [2.75, 3.05) is 24.5 Å². The standard InChI is InChI=1S/C13H26N4S/c1-7-17(9-8-14-10(2)3)12-15-11(16-18-12)13(4,5)6/h10,14H,7-9H2,1-6H3. The van der Waals surface area contributed by atoms with Crippen molar-refractivity contribution >= 4 is 16.7 Å². The molecule has 0 radical (unpaired) electrons. The van der Waals surface area contributed by atoms with E-state index in [0.29, 0.717) is 6.04 Å². The first kappa shape index (κ1) is 15.4. The van der Waals surface area contributed by atoms with Crippen molar-refractivity contribution in [3.05, 3.63) is 5.82 Å². The lowest BCUT2D eigenvalue weighted by molar-refractivity contribution is 0.552. The normalized spacial score (nSPS) is 12.2. The monoisotopic (exact) mass is 270 g/mol. The highest BCUT2D eigenvalue weighted by atomic mass is 32.1. The molecule has 0 fully saturated rings. The fourth-order valence-corrected chi connectivity index (χ4v) is 2.47. The van der Waals surface area contributed by atoms with Crippen LogP contribution in [0.1, 0.15) is 47.4 Å². The maximum atomic E-state index is 4.66. The van der Waals surface area contributed by atoms with Crippen molar-refractivity contribution in [1.82, 2.24) is 14.7 Å². The summed E-state index contributed by atoms with van der Waals surface area (Å²) in [5.41, 5.74) is 0.0321. The highest BCUT2D eigenvalue weighted by Crippen LogP contribution is 2.24. The minimum absolute atomic E-state index is 0.0321. The Morgan fingerprint density at radius 1 is 1.33 bits per heavy atom. The van der Waals surface area contributed by atoms with Gasteiger partial charge in [-0.05, 0) is 6.92 Å². The highest BCUT2D eigenvalue weighted by Gasteiger charge is 2.21. The van der Waals surface area contributed by atoms with Gasteiger partial charge in [0.25, 0.3) is 0 Å². The number of hydrogen-bond acceptors (Lipinski definition) is 5. The number of rotatable bonds is 6. The van der Waals surface area contributed by atoms with E-state index >= 15 is 0 Å². The van der Waals surface area contributed by atoms with Crippen LogP contribution in [-0.4, -0.2) is 35.0 Å². The summed E-state index contributed by atoms with van der Waals surface area (Å²) < 4.78 is 4.47. The molecule has 1 rings (SSSR count). The van der Waals surface area contributed by atoms with Crippen molar-refractivity contribution in [2.45, 2.75) is 53.0 Å². The predicted octanol–water partition coefficient (Wildman–Crippen LogP) is 2.66. The highest BCUT2D eigenvalue weighted by molar-refractivity contribution is 7.09. The summed E-state index contributed by atoms with van der Waals surface area (Å²) in [7, 11) is 0. The minimum Gasteiger partial charge on any atom is -0.346 e. The van der Waals surface area contributed by atoms with Crippen molar-refractivity contribution in [3.63, 3.8) is 0 Å². The molecule has 0 aliphatic rings. The van der Waals surface area contributed by atoms with Crippen LogP contribution in [0.4, 0.5) is 5.13 Å². The first-order valence-electron chi connectivity index (χ1n) is 6.67. The number of hydrogen-bond donors (Lipinski definition) is 1. The molecular formula is C13H26N4S. The van der Waals surface area contributed by atoms with Crippen LogP contribution >= 0.6 is 11.5 Å². The molecule has 18 heavy (non-hydrogen) atoms. The van der Waals surface area contributed by atoms with Gasteiger partial charge in [-0.1, -0.05) is 34.6 Å². The molecule has 104 valence electrons. The molecule has 1 heterocycles. The molecule has 0 saturated carbocycles. The Morgan fingerprint density at radius 3 is 2.44 bits per heavy atom. The second-order valence-corrected chi connectivity index (χ2v) is 6.57. The van der Waals surface area contributed by atoms with Gasteiger partial charge in [0.2, 0.25) is 5.13 Å². The third-order valence-electron chi connectivity index (χ3n) is 2.67. The molecule has 1 aromatic rings. The Morgan fingerprint density at radius 2 is 2.00 bits per heavy atom. The Bertz CT molecular complexity index is 354. The van der Waals surface area contributed by atoms with Crippen molar-refractivity contribution in [2.24, 2.45) is 0 Å². The van der Waals surface area contributed by atoms with E-state index in [-0.39, 0.29) is 5.41 Å². The Labute approximate surface area is 115 Å². The summed E-state index contributed by atoms with van der Waals surface area (Å²) in [6.45, 7) is 15.9. The molecule has 0 atom stereocenters. The van der Waals surface area contributed by atoms with Crippen LogP contribution < -0.4 is 10.2 Å². The third-order valence-corrected chi connectivity index (χ3v) is 3.45. The molecule has 0 aliphatic carbocycles. The zero-order valence-electron chi connectivity index (χ0n) is 12.4. The van der Waals surface area contributed by atoms with Crippen LogP contribution in [0.2, 0.25) is 0 Å². The first-order valence-corrected chi connectivity index (χ1v) is 7.44. The molecule has 0 aliphatic heterocycles. The molecule has 5 heteroatoms. The lowest BCUT2D eigenvalue weighted by Gasteiger charge is -2.20. The van der Waals surface area contributed by atoms with Gasteiger partial charge in [0.15, 0.2) is 0 Å². The number of aromatic nitrogens is 2. The summed E-state index contributed by atoms with van der Waals surface area (Å²) in [6.07, 6.45) is 0. The summed E-state index contributed by atoms with van der Waals surface area (Å²) >= 11 is 1.50. The quantitative estimate of drug-likeness (QED) is 0.863. The van der Waals surface area contributed by atoms with Gasteiger partial charge in [-0.25, -0.2) is 4.98 Å². The molecule has 1 aromatic heterocycles. The van der Waals surface area contributed by atoms with Crippen LogP contribution in [0.3, 0.4) is 0 Å². The minimum atomic E-state index is 0.0321. The van der Waals surface area contributed by atoms with E-state index in [1.165, 1.54) is 11.5 Å². The second kappa shape index (κ2) is 6.48. The fourth-order valence-electron chi connectivity index (χ4n) is 1.53. The largest absolute Gasteiger partial charge is 0.346 e. The van der Waals surface area contributed by atoms with E-state index in [9.17, 15) is 0 Å². The van der Waals surface area contributed by atoms with Crippen LogP contribution in [0.25, 0.3) is 0 Å². The Balaban J connectivity index is 2.62. The number of nitrogens with zero attached hydrogens (tertiary/aromatic N) is 3. The van der Waals surface area contributed by atoms with Crippen LogP contribution in [0.5, 0.6) is 0 Å². The lowest BCUT2D eigenvalue weighted by atomic mass is 9.96. The number of anilines is 1. The van der Waals surface area contributed by atoms with Crippen molar-refractivity contribution in [3.8, 4) is 0 Å². The zero-order valence-corrected chi connectivity index (χ0v) is 13.3. The molecule has 1 N–H and O–H groups in total. The smallest absolute Gasteiger partial charge is 0.205 e. The Hall–Kier alpha value is -0.680. The Kier molecular flexibility index (Phi) is 5.53. The maximum absolute atomic E-state index is 4.66. The SMILES string of the molecule is CCN(CCNC(C)C)c1nc(C(C)(C)C)ns1. The van der Waals surface area contributed by atoms with Crippen molar-refractivity contribution < 1.29 is 0 Å². The van der Waals surface area contributed by atoms with Gasteiger partial charge >= 0.3 is 0 Å². The second-order valence-electron chi connectivity index (χ2n) is 5.84. The summed E-state index contributed by atoms with van der Waals surface area (Å²) in [5.74, 6) is 0.942. The molecule has 0 saturated heterocycles. The topological polar surface area (TPSA) is 41.0 Å². The van der Waals surface area contributed by atoms with Crippen LogP contribution in [0.15, 0.2) is 0 Å². The molecule has 0 unspecified atom stereocenters. The van der Waals surface area contributed by atoms with E-state index in [0.717, 1.165) is 30.6 Å². The molecule has 0 spiro atoms. The van der Waals surface area contributed by atoms with E-state index in [2.05, 4.69) is 61.1 Å². The summed E-state index contributed by atoms with van der Waals surface area (Å²) in [5, 5.41) is 4.47. The average Bonchev–Trinajstić information content (AvgIpc) is 2.72. The average molecular weight is 270 g/mol. The molecule has 4 nitrogen and oxygen atoms in total. The van der Waals surface area contributed by atoms with E-state index < -0.39 is 0 Å². The molecule has 0 bridgehead atoms. The van der Waals surface area contributed by atoms with Crippen molar-refractivity contribution in [1.29, 1.82) is 0 Å². The first-order chi connectivity index (χ1) is 8.34. The lowest BCUT2D eigenvalue weighted by Crippen LogP contribution is -2.34. The van der Waals surface area contributed by atoms with Gasteiger partial charge in [0.05, 0.1) is 0 Å². The number of likely N-dealkylation sites (N-methyl/N-ethyl adjacent to an activating group) is 1. The van der Waals surface area contributed by atoms with Gasteiger partial charge in [-0.3, -0.25) is 0 Å². The van der Waals surface area contributed by atoms with E-state index in [1.807, 2.05) is 0 Å². The number of nitrogens with one attached hydrogen (secondary N) is 1. The molecule has 0 amide bonds. The third kappa shape index (κ3) is 4.53. The zero-order chi connectivity index (χ0) is 13.8. The summed E-state index contributed by atoms with van der Waals surface area (Å²) in [4.78, 5) is 6.94. The van der Waals surface area contributed by atoms with E-state index in [4.69, 9.17) is 0 Å². The van der Waals surface area contributed by atoms with Gasteiger partial charge in [-0.15, -0.1) is 0 Å². The van der Waals surface area contributed by atoms with Crippen LogP contribution in [0, 0.1) is 0 Å². The van der Waals surface area contributed by atoms with Gasteiger partial charge in [-0.2, -0.15) is 4.37 Å². The predicted molar refractivity (Wildman–Crippen MR) is 79.6 cm³/mol. The molecular weight excluding hydrogens is 244 g/mol. The van der Waals surface area contributed by atoms with E-state index in [1.54, 1.807) is 0 Å².